The summed E-state index contributed by atoms with van der Waals surface area (Å²) in [4.78, 5) is 13.3. The monoisotopic (exact) mass is 290 g/mol. The van der Waals surface area contributed by atoms with Gasteiger partial charge in [0.2, 0.25) is 11.7 Å². The van der Waals surface area contributed by atoms with Crippen molar-refractivity contribution in [3.8, 4) is 10.7 Å². The highest BCUT2D eigenvalue weighted by molar-refractivity contribution is 7.97. The third-order valence-corrected chi connectivity index (χ3v) is 4.12. The third-order valence-electron chi connectivity index (χ3n) is 2.36. The number of pyridine rings is 1. The van der Waals surface area contributed by atoms with Crippen molar-refractivity contribution in [2.45, 2.75) is 11.5 Å². The summed E-state index contributed by atoms with van der Waals surface area (Å²) < 4.78 is 5.21. The normalized spacial score (nSPS) is 10.7. The topological polar surface area (TPSA) is 64.7 Å². The van der Waals surface area contributed by atoms with Crippen LogP contribution < -0.4 is 0 Å². The quantitative estimate of drug-likeness (QED) is 0.719. The van der Waals surface area contributed by atoms with Gasteiger partial charge in [0.25, 0.3) is 0 Å². The number of thioether (sulfide) groups is 1. The number of rotatable bonds is 5. The lowest BCUT2D eigenvalue weighted by Crippen LogP contribution is -1.84. The van der Waals surface area contributed by atoms with Crippen LogP contribution in [0.15, 0.2) is 40.8 Å². The lowest BCUT2D eigenvalue weighted by Gasteiger charge is -1.97. The molecule has 5 nitrogen and oxygen atoms in total. The molecule has 0 bridgehead atoms. The molecule has 0 saturated heterocycles. The summed E-state index contributed by atoms with van der Waals surface area (Å²) in [5.74, 6) is 2.86. The molecule has 0 radical (unpaired) electrons. The van der Waals surface area contributed by atoms with E-state index in [9.17, 15) is 0 Å². The Kier molecular flexibility index (Phi) is 3.85. The smallest absolute Gasteiger partial charge is 0.236 e. The summed E-state index contributed by atoms with van der Waals surface area (Å²) in [6.45, 7) is 0. The van der Waals surface area contributed by atoms with E-state index in [0.717, 1.165) is 10.6 Å². The Morgan fingerprint density at radius 3 is 2.84 bits per heavy atom. The van der Waals surface area contributed by atoms with Gasteiger partial charge in [-0.2, -0.15) is 4.98 Å². The summed E-state index contributed by atoms with van der Waals surface area (Å²) in [5, 5.41) is 3.95. The van der Waals surface area contributed by atoms with Gasteiger partial charge in [-0.3, -0.25) is 9.97 Å². The van der Waals surface area contributed by atoms with E-state index < -0.39 is 0 Å². The Morgan fingerprint density at radius 2 is 2.05 bits per heavy atom. The molecule has 96 valence electrons. The first kappa shape index (κ1) is 12.3. The van der Waals surface area contributed by atoms with E-state index in [1.165, 1.54) is 16.9 Å². The number of nitrogens with zero attached hydrogens (tertiary/aromatic N) is 4. The van der Waals surface area contributed by atoms with Crippen LogP contribution in [0.3, 0.4) is 0 Å². The molecule has 3 aromatic heterocycles. The van der Waals surface area contributed by atoms with Gasteiger partial charge in [-0.25, -0.2) is 0 Å². The molecule has 0 saturated carbocycles. The second kappa shape index (κ2) is 5.94. The second-order valence-electron chi connectivity index (χ2n) is 3.73. The first-order valence-electron chi connectivity index (χ1n) is 5.60. The lowest BCUT2D eigenvalue weighted by molar-refractivity contribution is 0.392. The Morgan fingerprint density at radius 1 is 1.16 bits per heavy atom. The minimum Gasteiger partial charge on any atom is -0.338 e. The molecule has 0 aromatic carbocycles. The standard InChI is InChI=1S/C12H10N4OS2/c1-3-13-4-2-9(1)6-18-7-11-15-12(16-17-11)10-5-14-8-19-10/h1-5,8H,6-7H2. The fourth-order valence-corrected chi connectivity index (χ4v) is 2.84. The van der Waals surface area contributed by atoms with Gasteiger partial charge in [-0.05, 0) is 17.7 Å². The van der Waals surface area contributed by atoms with Crippen LogP contribution >= 0.6 is 23.1 Å². The zero-order valence-electron chi connectivity index (χ0n) is 9.89. The highest BCUT2D eigenvalue weighted by atomic mass is 32.2. The molecular formula is C12H10N4OS2. The molecule has 3 heterocycles. The highest BCUT2D eigenvalue weighted by Gasteiger charge is 2.09. The van der Waals surface area contributed by atoms with E-state index in [0.29, 0.717) is 17.5 Å². The van der Waals surface area contributed by atoms with E-state index in [4.69, 9.17) is 4.52 Å². The number of thiazole rings is 1. The van der Waals surface area contributed by atoms with Gasteiger partial charge in [-0.1, -0.05) is 5.16 Å². The minimum absolute atomic E-state index is 0.613. The van der Waals surface area contributed by atoms with Crippen LogP contribution in [-0.4, -0.2) is 20.1 Å². The maximum atomic E-state index is 5.21. The highest BCUT2D eigenvalue weighted by Crippen LogP contribution is 2.22. The Bertz CT molecular complexity index is 624. The summed E-state index contributed by atoms with van der Waals surface area (Å²) in [5.41, 5.74) is 2.99. The van der Waals surface area contributed by atoms with Crippen molar-refractivity contribution < 1.29 is 4.52 Å². The van der Waals surface area contributed by atoms with Gasteiger partial charge in [-0.15, -0.1) is 23.1 Å². The predicted octanol–water partition coefficient (Wildman–Crippen LogP) is 3.02. The fraction of sp³-hybridized carbons (Fsp3) is 0.167. The molecule has 0 spiro atoms. The third kappa shape index (κ3) is 3.18. The van der Waals surface area contributed by atoms with Crippen LogP contribution in [0.2, 0.25) is 0 Å². The summed E-state index contributed by atoms with van der Waals surface area (Å²) in [6.07, 6.45) is 5.33. The number of hydrogen-bond acceptors (Lipinski definition) is 7. The predicted molar refractivity (Wildman–Crippen MR) is 74.6 cm³/mol. The molecule has 0 N–H and O–H groups in total. The first-order chi connectivity index (χ1) is 9.42. The molecule has 0 fully saturated rings. The lowest BCUT2D eigenvalue weighted by atomic mass is 10.3. The van der Waals surface area contributed by atoms with E-state index in [-0.39, 0.29) is 0 Å². The first-order valence-corrected chi connectivity index (χ1v) is 7.63. The molecular weight excluding hydrogens is 280 g/mol. The van der Waals surface area contributed by atoms with Crippen LogP contribution in [0.4, 0.5) is 0 Å². The second-order valence-corrected chi connectivity index (χ2v) is 5.60. The number of aromatic nitrogens is 4. The molecule has 3 aromatic rings. The zero-order valence-corrected chi connectivity index (χ0v) is 11.5. The molecule has 0 aliphatic carbocycles. The summed E-state index contributed by atoms with van der Waals surface area (Å²) in [7, 11) is 0. The van der Waals surface area contributed by atoms with Crippen molar-refractivity contribution in [2.24, 2.45) is 0 Å². The van der Waals surface area contributed by atoms with Crippen molar-refractivity contribution in [2.75, 3.05) is 0 Å². The van der Waals surface area contributed by atoms with Crippen molar-refractivity contribution in [3.05, 3.63) is 47.7 Å². The van der Waals surface area contributed by atoms with Gasteiger partial charge < -0.3 is 4.52 Å². The van der Waals surface area contributed by atoms with Crippen LogP contribution in [0.5, 0.6) is 0 Å². The average molecular weight is 290 g/mol. The Balaban J connectivity index is 1.56. The van der Waals surface area contributed by atoms with Crippen LogP contribution in [0, 0.1) is 0 Å². The summed E-state index contributed by atoms with van der Waals surface area (Å²) in [6, 6.07) is 4.01. The Labute approximate surface area is 118 Å². The van der Waals surface area contributed by atoms with Gasteiger partial charge in [0.15, 0.2) is 0 Å². The molecule has 7 heteroatoms. The molecule has 0 unspecified atom stereocenters. The van der Waals surface area contributed by atoms with E-state index in [2.05, 4.69) is 20.1 Å². The van der Waals surface area contributed by atoms with Crippen molar-refractivity contribution in [3.63, 3.8) is 0 Å². The Hall–Kier alpha value is -1.73. The van der Waals surface area contributed by atoms with Gasteiger partial charge in [0, 0.05) is 24.3 Å². The molecule has 0 aliphatic heterocycles. The van der Waals surface area contributed by atoms with E-state index in [1.807, 2.05) is 12.1 Å². The fourth-order valence-electron chi connectivity index (χ4n) is 1.47. The molecule has 0 aliphatic rings. The maximum absolute atomic E-state index is 5.21. The average Bonchev–Trinajstić information content (AvgIpc) is 3.10. The van der Waals surface area contributed by atoms with Crippen LogP contribution in [-0.2, 0) is 11.5 Å². The van der Waals surface area contributed by atoms with Crippen LogP contribution in [0.1, 0.15) is 11.5 Å². The van der Waals surface area contributed by atoms with Crippen molar-refractivity contribution >= 4 is 23.1 Å². The van der Waals surface area contributed by atoms with Crippen LogP contribution in [0.25, 0.3) is 10.7 Å². The van der Waals surface area contributed by atoms with Gasteiger partial charge >= 0.3 is 0 Å². The maximum Gasteiger partial charge on any atom is 0.236 e. The zero-order chi connectivity index (χ0) is 12.9. The van der Waals surface area contributed by atoms with Gasteiger partial charge in [0.1, 0.15) is 0 Å². The van der Waals surface area contributed by atoms with Crippen molar-refractivity contribution in [1.82, 2.24) is 20.1 Å². The SMILES string of the molecule is c1cc(CSCc2nc(-c3cncs3)no2)ccn1. The molecule has 3 rings (SSSR count). The minimum atomic E-state index is 0.613. The molecule has 0 amide bonds. The van der Waals surface area contributed by atoms with E-state index >= 15 is 0 Å². The van der Waals surface area contributed by atoms with E-state index in [1.54, 1.807) is 35.9 Å². The molecule has 19 heavy (non-hydrogen) atoms. The summed E-state index contributed by atoms with van der Waals surface area (Å²) >= 11 is 3.23. The largest absolute Gasteiger partial charge is 0.338 e. The number of hydrogen-bond donors (Lipinski definition) is 0. The van der Waals surface area contributed by atoms with Gasteiger partial charge in [0.05, 0.1) is 16.1 Å². The molecule has 0 atom stereocenters. The van der Waals surface area contributed by atoms with Crippen molar-refractivity contribution in [1.29, 1.82) is 0 Å².